The minimum Gasteiger partial charge on any atom is -0.354 e. The molecule has 0 spiro atoms. The molecule has 126 valence electrons. The highest BCUT2D eigenvalue weighted by molar-refractivity contribution is 7.17. The fourth-order valence-corrected chi connectivity index (χ4v) is 3.60. The number of hydrogen-bond acceptors (Lipinski definition) is 4. The topological polar surface area (TPSA) is 71.1 Å². The van der Waals surface area contributed by atoms with E-state index in [1.54, 1.807) is 19.1 Å². The Morgan fingerprint density at radius 3 is 2.83 bits per heavy atom. The molecule has 2 amide bonds. The second-order valence-electron chi connectivity index (χ2n) is 5.75. The summed E-state index contributed by atoms with van der Waals surface area (Å²) < 4.78 is 13.0. The largest absolute Gasteiger partial charge is 0.354 e. The van der Waals surface area contributed by atoms with Crippen molar-refractivity contribution in [3.05, 3.63) is 40.7 Å². The van der Waals surface area contributed by atoms with Crippen molar-refractivity contribution in [2.45, 2.75) is 32.2 Å². The van der Waals surface area contributed by atoms with Crippen molar-refractivity contribution < 1.29 is 14.0 Å². The molecule has 1 aliphatic heterocycles. The van der Waals surface area contributed by atoms with Crippen molar-refractivity contribution in [1.29, 1.82) is 0 Å². The van der Waals surface area contributed by atoms with E-state index in [0.717, 1.165) is 18.4 Å². The lowest BCUT2D eigenvalue weighted by Crippen LogP contribution is -2.45. The number of carbonyl (C=O) groups excluding carboxylic acids is 2. The van der Waals surface area contributed by atoms with Crippen LogP contribution >= 0.6 is 11.3 Å². The third kappa shape index (κ3) is 3.62. The Morgan fingerprint density at radius 2 is 2.08 bits per heavy atom. The maximum absolute atomic E-state index is 13.0. The molecule has 1 atom stereocenters. The minimum absolute atomic E-state index is 0.137. The maximum atomic E-state index is 13.0. The van der Waals surface area contributed by atoms with Gasteiger partial charge in [0.1, 0.15) is 21.7 Å². The summed E-state index contributed by atoms with van der Waals surface area (Å²) in [7, 11) is 0. The predicted octanol–water partition coefficient (Wildman–Crippen LogP) is 2.66. The molecule has 0 aliphatic carbocycles. The van der Waals surface area contributed by atoms with Gasteiger partial charge < -0.3 is 10.6 Å². The van der Waals surface area contributed by atoms with Crippen LogP contribution in [0.2, 0.25) is 0 Å². The van der Waals surface area contributed by atoms with Crippen molar-refractivity contribution in [3.63, 3.8) is 0 Å². The van der Waals surface area contributed by atoms with Crippen LogP contribution in [0.15, 0.2) is 24.3 Å². The van der Waals surface area contributed by atoms with Gasteiger partial charge in [-0.1, -0.05) is 0 Å². The highest BCUT2D eigenvalue weighted by atomic mass is 32.1. The standard InChI is InChI=1S/C17H18FN3O2S/c1-10-14(16(23)21-13-4-2-3-9-19-15(13)22)24-17(20-10)11-5-7-12(18)8-6-11/h5-8,13H,2-4,9H2,1H3,(H,19,22)(H,21,23). The molecule has 5 nitrogen and oxygen atoms in total. The Balaban J connectivity index is 1.77. The number of hydrogen-bond donors (Lipinski definition) is 2. The van der Waals surface area contributed by atoms with Crippen molar-refractivity contribution in [2.75, 3.05) is 6.54 Å². The number of nitrogens with one attached hydrogen (secondary N) is 2. The summed E-state index contributed by atoms with van der Waals surface area (Å²) in [5, 5.41) is 6.26. The molecule has 1 aliphatic rings. The molecule has 7 heteroatoms. The van der Waals surface area contributed by atoms with E-state index in [0.29, 0.717) is 28.5 Å². The minimum atomic E-state index is -0.504. The van der Waals surface area contributed by atoms with Crippen LogP contribution in [0.5, 0.6) is 0 Å². The van der Waals surface area contributed by atoms with Crippen molar-refractivity contribution in [1.82, 2.24) is 15.6 Å². The van der Waals surface area contributed by atoms with E-state index in [9.17, 15) is 14.0 Å². The normalized spacial score (nSPS) is 17.9. The van der Waals surface area contributed by atoms with Crippen LogP contribution in [-0.4, -0.2) is 29.4 Å². The van der Waals surface area contributed by atoms with E-state index >= 15 is 0 Å². The third-order valence-corrected chi connectivity index (χ3v) is 5.14. The number of amides is 2. The highest BCUT2D eigenvalue weighted by Crippen LogP contribution is 2.28. The van der Waals surface area contributed by atoms with Gasteiger partial charge in [0.05, 0.1) is 5.69 Å². The van der Waals surface area contributed by atoms with Crippen molar-refractivity contribution in [3.8, 4) is 10.6 Å². The number of benzene rings is 1. The number of nitrogens with zero attached hydrogens (tertiary/aromatic N) is 1. The Morgan fingerprint density at radius 1 is 1.33 bits per heavy atom. The number of carbonyl (C=O) groups is 2. The zero-order chi connectivity index (χ0) is 17.1. The lowest BCUT2D eigenvalue weighted by atomic mass is 10.1. The molecule has 1 fully saturated rings. The van der Waals surface area contributed by atoms with Crippen LogP contribution in [0.25, 0.3) is 10.6 Å². The molecular formula is C17H18FN3O2S. The second-order valence-corrected chi connectivity index (χ2v) is 6.75. The molecule has 3 rings (SSSR count). The van der Waals surface area contributed by atoms with Gasteiger partial charge in [-0.25, -0.2) is 9.37 Å². The molecule has 2 aromatic rings. The van der Waals surface area contributed by atoms with Gasteiger partial charge in [0, 0.05) is 12.1 Å². The van der Waals surface area contributed by atoms with Gasteiger partial charge >= 0.3 is 0 Å². The molecule has 2 N–H and O–H groups in total. The molecule has 1 aromatic heterocycles. The van der Waals surface area contributed by atoms with Gasteiger partial charge in [-0.3, -0.25) is 9.59 Å². The average Bonchev–Trinajstić information content (AvgIpc) is 2.84. The summed E-state index contributed by atoms with van der Waals surface area (Å²) in [4.78, 5) is 29.3. The molecule has 0 saturated carbocycles. The molecule has 1 unspecified atom stereocenters. The Labute approximate surface area is 143 Å². The summed E-state index contributed by atoms with van der Waals surface area (Å²) in [5.41, 5.74) is 1.36. The van der Waals surface area contributed by atoms with Crippen LogP contribution in [0.4, 0.5) is 4.39 Å². The molecule has 1 aromatic carbocycles. The fraction of sp³-hybridized carbons (Fsp3) is 0.353. The number of aromatic nitrogens is 1. The summed E-state index contributed by atoms with van der Waals surface area (Å²) in [6.07, 6.45) is 2.46. The zero-order valence-corrected chi connectivity index (χ0v) is 14.1. The van der Waals surface area contributed by atoms with Crippen molar-refractivity contribution >= 4 is 23.2 Å². The monoisotopic (exact) mass is 347 g/mol. The van der Waals surface area contributed by atoms with Gasteiger partial charge in [-0.05, 0) is 50.5 Å². The first-order valence-electron chi connectivity index (χ1n) is 7.86. The van der Waals surface area contributed by atoms with Gasteiger partial charge in [0.2, 0.25) is 5.91 Å². The lowest BCUT2D eigenvalue weighted by Gasteiger charge is -2.14. The highest BCUT2D eigenvalue weighted by Gasteiger charge is 2.25. The van der Waals surface area contributed by atoms with Gasteiger partial charge in [0.25, 0.3) is 5.91 Å². The van der Waals surface area contributed by atoms with Gasteiger partial charge in [-0.2, -0.15) is 0 Å². The molecule has 2 heterocycles. The first kappa shape index (κ1) is 16.6. The van der Waals surface area contributed by atoms with Crippen molar-refractivity contribution in [2.24, 2.45) is 0 Å². The number of rotatable bonds is 3. The van der Waals surface area contributed by atoms with Crippen LogP contribution < -0.4 is 10.6 Å². The SMILES string of the molecule is Cc1nc(-c2ccc(F)cc2)sc1C(=O)NC1CCCCNC1=O. The lowest BCUT2D eigenvalue weighted by molar-refractivity contribution is -0.122. The molecule has 24 heavy (non-hydrogen) atoms. The van der Waals surface area contributed by atoms with E-state index in [1.807, 2.05) is 0 Å². The van der Waals surface area contributed by atoms with E-state index in [-0.39, 0.29) is 17.6 Å². The first-order chi connectivity index (χ1) is 11.5. The van der Waals surface area contributed by atoms with E-state index in [2.05, 4.69) is 15.6 Å². The van der Waals surface area contributed by atoms with Gasteiger partial charge in [-0.15, -0.1) is 11.3 Å². The molecular weight excluding hydrogens is 329 g/mol. The Kier molecular flexibility index (Phi) is 4.89. The molecule has 0 radical (unpaired) electrons. The van der Waals surface area contributed by atoms with Crippen LogP contribution in [0.1, 0.15) is 34.6 Å². The van der Waals surface area contributed by atoms with Crippen LogP contribution in [0, 0.1) is 12.7 Å². The van der Waals surface area contributed by atoms with Crippen LogP contribution in [-0.2, 0) is 4.79 Å². The maximum Gasteiger partial charge on any atom is 0.263 e. The second kappa shape index (κ2) is 7.09. The summed E-state index contributed by atoms with van der Waals surface area (Å²) >= 11 is 1.24. The smallest absolute Gasteiger partial charge is 0.263 e. The third-order valence-electron chi connectivity index (χ3n) is 3.93. The van der Waals surface area contributed by atoms with Gasteiger partial charge in [0.15, 0.2) is 0 Å². The van der Waals surface area contributed by atoms with E-state index in [4.69, 9.17) is 0 Å². The number of halogens is 1. The zero-order valence-electron chi connectivity index (χ0n) is 13.3. The summed E-state index contributed by atoms with van der Waals surface area (Å²) in [6.45, 7) is 2.41. The Hall–Kier alpha value is -2.28. The predicted molar refractivity (Wildman–Crippen MR) is 90.4 cm³/mol. The molecule has 1 saturated heterocycles. The summed E-state index contributed by atoms with van der Waals surface area (Å²) in [6, 6.07) is 5.49. The molecule has 0 bridgehead atoms. The number of aryl methyl sites for hydroxylation is 1. The average molecular weight is 347 g/mol. The number of thiazole rings is 1. The Bertz CT molecular complexity index is 758. The summed E-state index contributed by atoms with van der Waals surface area (Å²) in [5.74, 6) is -0.744. The first-order valence-corrected chi connectivity index (χ1v) is 8.68. The quantitative estimate of drug-likeness (QED) is 0.897. The van der Waals surface area contributed by atoms with E-state index < -0.39 is 6.04 Å². The van der Waals surface area contributed by atoms with Crippen LogP contribution in [0.3, 0.4) is 0 Å². The van der Waals surface area contributed by atoms with E-state index in [1.165, 1.54) is 23.5 Å². The fourth-order valence-electron chi connectivity index (χ4n) is 2.62.